The second kappa shape index (κ2) is 5.48. The Hall–Kier alpha value is -1.43. The molecule has 0 bridgehead atoms. The predicted molar refractivity (Wildman–Crippen MR) is 70.3 cm³/mol. The van der Waals surface area contributed by atoms with Crippen molar-refractivity contribution in [2.24, 2.45) is 5.73 Å². The van der Waals surface area contributed by atoms with Crippen LogP contribution in [0.2, 0.25) is 0 Å². The molecule has 0 fully saturated rings. The van der Waals surface area contributed by atoms with Crippen LogP contribution in [0.3, 0.4) is 0 Å². The average Bonchev–Trinajstić information content (AvgIpc) is 2.65. The second-order valence-electron chi connectivity index (χ2n) is 4.62. The number of nitrogens with zero attached hydrogens (tertiary/aromatic N) is 1. The highest BCUT2D eigenvalue weighted by molar-refractivity contribution is 6.01. The summed E-state index contributed by atoms with van der Waals surface area (Å²) in [5.41, 5.74) is 8.82. The minimum absolute atomic E-state index is 0.0514. The molecular weight excluding hydrogens is 230 g/mol. The molecule has 1 atom stereocenters. The van der Waals surface area contributed by atoms with Crippen LogP contribution in [0.25, 0.3) is 0 Å². The number of rotatable bonds is 5. The first-order valence-corrected chi connectivity index (χ1v) is 6.09. The van der Waals surface area contributed by atoms with Gasteiger partial charge < -0.3 is 21.1 Å². The van der Waals surface area contributed by atoms with Crippen LogP contribution in [-0.2, 0) is 17.8 Å². The molecule has 5 heteroatoms. The Morgan fingerprint density at radius 2 is 2.33 bits per heavy atom. The topological polar surface area (TPSA) is 78.6 Å². The molecule has 0 aromatic heterocycles. The number of aliphatic hydroxyl groups is 1. The standard InChI is InChI=1S/C13H19N3O2/c1-15-6-9-2-3-12-10(4-9)5-13(18)16(12)7-11(14)8-17/h2-4,11,15,17H,5-8,14H2,1H3. The van der Waals surface area contributed by atoms with Gasteiger partial charge in [-0.2, -0.15) is 0 Å². The van der Waals surface area contributed by atoms with Crippen LogP contribution >= 0.6 is 0 Å². The Morgan fingerprint density at radius 3 is 3.00 bits per heavy atom. The predicted octanol–water partition coefficient (Wildman–Crippen LogP) is -0.385. The third-order valence-electron chi connectivity index (χ3n) is 3.11. The molecule has 1 aliphatic heterocycles. The van der Waals surface area contributed by atoms with Gasteiger partial charge in [-0.15, -0.1) is 0 Å². The van der Waals surface area contributed by atoms with Crippen LogP contribution < -0.4 is 16.0 Å². The highest BCUT2D eigenvalue weighted by Crippen LogP contribution is 2.29. The van der Waals surface area contributed by atoms with Crippen LogP contribution in [0.4, 0.5) is 5.69 Å². The molecule has 1 aromatic rings. The first kappa shape index (κ1) is 13.0. The van der Waals surface area contributed by atoms with E-state index in [1.165, 1.54) is 0 Å². The molecule has 1 aliphatic rings. The van der Waals surface area contributed by atoms with Crippen molar-refractivity contribution in [3.63, 3.8) is 0 Å². The number of fused-ring (bicyclic) bond motifs is 1. The number of carbonyl (C=O) groups is 1. The largest absolute Gasteiger partial charge is 0.395 e. The van der Waals surface area contributed by atoms with E-state index in [9.17, 15) is 4.79 Å². The second-order valence-corrected chi connectivity index (χ2v) is 4.62. The minimum Gasteiger partial charge on any atom is -0.395 e. The van der Waals surface area contributed by atoms with Crippen molar-refractivity contribution in [3.05, 3.63) is 29.3 Å². The van der Waals surface area contributed by atoms with Gasteiger partial charge >= 0.3 is 0 Å². The van der Waals surface area contributed by atoms with Crippen LogP contribution in [0.15, 0.2) is 18.2 Å². The highest BCUT2D eigenvalue weighted by atomic mass is 16.3. The maximum absolute atomic E-state index is 11.9. The van der Waals surface area contributed by atoms with Crippen LogP contribution in [0, 0.1) is 0 Å². The SMILES string of the molecule is CNCc1ccc2c(c1)CC(=O)N2CC(N)CO. The van der Waals surface area contributed by atoms with E-state index in [2.05, 4.69) is 5.32 Å². The number of amides is 1. The number of hydrogen-bond acceptors (Lipinski definition) is 4. The van der Waals surface area contributed by atoms with Crippen LogP contribution in [-0.4, -0.2) is 37.3 Å². The van der Waals surface area contributed by atoms with Crippen molar-refractivity contribution in [2.75, 3.05) is 25.1 Å². The van der Waals surface area contributed by atoms with Crippen LogP contribution in [0.5, 0.6) is 0 Å². The van der Waals surface area contributed by atoms with Gasteiger partial charge in [0.2, 0.25) is 5.91 Å². The molecule has 0 radical (unpaired) electrons. The summed E-state index contributed by atoms with van der Waals surface area (Å²) in [6, 6.07) is 5.62. The fourth-order valence-corrected chi connectivity index (χ4v) is 2.24. The third-order valence-corrected chi connectivity index (χ3v) is 3.11. The number of anilines is 1. The molecule has 18 heavy (non-hydrogen) atoms. The molecule has 2 rings (SSSR count). The van der Waals surface area contributed by atoms with Crippen molar-refractivity contribution in [2.45, 2.75) is 19.0 Å². The number of aliphatic hydroxyl groups excluding tert-OH is 1. The maximum Gasteiger partial charge on any atom is 0.231 e. The van der Waals surface area contributed by atoms with Crippen molar-refractivity contribution < 1.29 is 9.90 Å². The molecule has 1 unspecified atom stereocenters. The Bertz CT molecular complexity index is 448. The van der Waals surface area contributed by atoms with E-state index in [0.29, 0.717) is 13.0 Å². The van der Waals surface area contributed by atoms with Gasteiger partial charge in [0.25, 0.3) is 0 Å². The van der Waals surface area contributed by atoms with Crippen molar-refractivity contribution in [1.82, 2.24) is 5.32 Å². The zero-order valence-electron chi connectivity index (χ0n) is 10.5. The summed E-state index contributed by atoms with van der Waals surface area (Å²) in [6.07, 6.45) is 0.422. The lowest BCUT2D eigenvalue weighted by molar-refractivity contribution is -0.117. The molecular formula is C13H19N3O2. The Balaban J connectivity index is 2.21. The van der Waals surface area contributed by atoms with Crippen molar-refractivity contribution >= 4 is 11.6 Å². The normalized spacial score (nSPS) is 15.9. The average molecular weight is 249 g/mol. The number of nitrogens with two attached hydrogens (primary N) is 1. The molecule has 0 saturated carbocycles. The first-order chi connectivity index (χ1) is 8.65. The molecule has 1 aromatic carbocycles. The van der Waals surface area contributed by atoms with Gasteiger partial charge in [0.05, 0.1) is 13.0 Å². The Kier molecular flexibility index (Phi) is 3.96. The zero-order valence-corrected chi connectivity index (χ0v) is 10.5. The Labute approximate surface area is 107 Å². The lowest BCUT2D eigenvalue weighted by Crippen LogP contribution is -2.41. The molecule has 1 heterocycles. The molecule has 4 N–H and O–H groups in total. The van der Waals surface area contributed by atoms with E-state index in [1.54, 1.807) is 4.90 Å². The van der Waals surface area contributed by atoms with E-state index in [-0.39, 0.29) is 12.5 Å². The number of carbonyl (C=O) groups excluding carboxylic acids is 1. The van der Waals surface area contributed by atoms with E-state index < -0.39 is 6.04 Å². The van der Waals surface area contributed by atoms with E-state index in [4.69, 9.17) is 10.8 Å². The molecule has 98 valence electrons. The first-order valence-electron chi connectivity index (χ1n) is 6.09. The molecule has 0 saturated heterocycles. The Morgan fingerprint density at radius 1 is 1.56 bits per heavy atom. The van der Waals surface area contributed by atoms with E-state index in [0.717, 1.165) is 23.4 Å². The minimum atomic E-state index is -0.392. The van der Waals surface area contributed by atoms with Gasteiger partial charge in [0.15, 0.2) is 0 Å². The summed E-state index contributed by atoms with van der Waals surface area (Å²) in [7, 11) is 1.89. The monoisotopic (exact) mass is 249 g/mol. The summed E-state index contributed by atoms with van der Waals surface area (Å²) < 4.78 is 0. The summed E-state index contributed by atoms with van der Waals surface area (Å²) in [6.45, 7) is 1.04. The van der Waals surface area contributed by atoms with Gasteiger partial charge in [0, 0.05) is 24.8 Å². The van der Waals surface area contributed by atoms with Gasteiger partial charge in [-0.1, -0.05) is 12.1 Å². The van der Waals surface area contributed by atoms with E-state index >= 15 is 0 Å². The summed E-state index contributed by atoms with van der Waals surface area (Å²) in [4.78, 5) is 13.6. The van der Waals surface area contributed by atoms with Gasteiger partial charge in [0.1, 0.15) is 0 Å². The highest BCUT2D eigenvalue weighted by Gasteiger charge is 2.28. The number of hydrogen-bond donors (Lipinski definition) is 3. The van der Waals surface area contributed by atoms with Gasteiger partial charge in [-0.3, -0.25) is 4.79 Å². The number of benzene rings is 1. The fourth-order valence-electron chi connectivity index (χ4n) is 2.24. The number of nitrogens with one attached hydrogen (secondary N) is 1. The molecule has 1 amide bonds. The third kappa shape index (κ3) is 2.53. The lowest BCUT2D eigenvalue weighted by Gasteiger charge is -2.20. The van der Waals surface area contributed by atoms with Gasteiger partial charge in [-0.05, 0) is 24.2 Å². The molecule has 5 nitrogen and oxygen atoms in total. The molecule has 0 spiro atoms. The van der Waals surface area contributed by atoms with E-state index in [1.807, 2.05) is 25.2 Å². The van der Waals surface area contributed by atoms with Crippen molar-refractivity contribution in [3.8, 4) is 0 Å². The lowest BCUT2D eigenvalue weighted by atomic mass is 10.1. The van der Waals surface area contributed by atoms with Crippen LogP contribution in [0.1, 0.15) is 11.1 Å². The van der Waals surface area contributed by atoms with Gasteiger partial charge in [-0.25, -0.2) is 0 Å². The smallest absolute Gasteiger partial charge is 0.231 e. The summed E-state index contributed by atoms with van der Waals surface area (Å²) in [5, 5.41) is 12.1. The zero-order chi connectivity index (χ0) is 13.1. The quantitative estimate of drug-likeness (QED) is 0.664. The summed E-state index contributed by atoms with van der Waals surface area (Å²) >= 11 is 0. The fraction of sp³-hybridized carbons (Fsp3) is 0.462. The molecule has 0 aliphatic carbocycles. The maximum atomic E-state index is 11.9. The van der Waals surface area contributed by atoms with Crippen molar-refractivity contribution in [1.29, 1.82) is 0 Å². The summed E-state index contributed by atoms with van der Waals surface area (Å²) in [5.74, 6) is 0.0514.